The number of carboxylic acid groups (broad SMARTS) is 1. The molecule has 0 aliphatic rings. The molecule has 0 bridgehead atoms. The Morgan fingerprint density at radius 3 is 2.53 bits per heavy atom. The van der Waals surface area contributed by atoms with E-state index in [4.69, 9.17) is 9.84 Å². The van der Waals surface area contributed by atoms with Crippen molar-refractivity contribution in [2.24, 2.45) is 0 Å². The van der Waals surface area contributed by atoms with E-state index in [2.05, 4.69) is 5.32 Å². The average Bonchev–Trinajstić information content (AvgIpc) is 2.22. The molecule has 0 aliphatic carbocycles. The number of carbonyl (C=O) groups excluding carboxylic acids is 1. The minimum Gasteiger partial charge on any atom is -0.480 e. The van der Waals surface area contributed by atoms with Crippen molar-refractivity contribution in [3.05, 3.63) is 12.2 Å². The number of carbonyl (C=O) groups is 2. The molecule has 5 heteroatoms. The molecule has 0 aromatic heterocycles. The fraction of sp³-hybridized carbons (Fsp3) is 0.600. The number of aliphatic carboxylic acids is 1. The Labute approximate surface area is 89.1 Å². The maximum Gasteiger partial charge on any atom is 0.326 e. The van der Waals surface area contributed by atoms with Crippen molar-refractivity contribution in [2.75, 3.05) is 7.11 Å². The van der Waals surface area contributed by atoms with Crippen molar-refractivity contribution in [3.63, 3.8) is 0 Å². The molecule has 15 heavy (non-hydrogen) atoms. The molecule has 2 N–H and O–H groups in total. The van der Waals surface area contributed by atoms with E-state index in [9.17, 15) is 9.59 Å². The molecule has 0 heterocycles. The molecule has 0 aromatic carbocycles. The quantitative estimate of drug-likeness (QED) is 0.635. The minimum absolute atomic E-state index is 0.272. The van der Waals surface area contributed by atoms with Crippen LogP contribution in [0.3, 0.4) is 0 Å². The highest BCUT2D eigenvalue weighted by molar-refractivity contribution is 5.86. The van der Waals surface area contributed by atoms with Crippen LogP contribution in [0.2, 0.25) is 0 Å². The lowest BCUT2D eigenvalue weighted by Gasteiger charge is -2.15. The standard InChI is InChI=1S/C10H17NO4/c1-4-5-6-8(10(13)14)11-9(12)7(2)15-3/h4-5,7-8H,6H2,1-3H3,(H,11,12)(H,13,14)/b5-4+. The van der Waals surface area contributed by atoms with Crippen LogP contribution in [-0.2, 0) is 14.3 Å². The molecule has 0 rings (SSSR count). The van der Waals surface area contributed by atoms with Gasteiger partial charge in [0.15, 0.2) is 0 Å². The molecule has 0 saturated heterocycles. The molecule has 2 atom stereocenters. The highest BCUT2D eigenvalue weighted by Crippen LogP contribution is 1.97. The second-order valence-corrected chi connectivity index (χ2v) is 3.08. The summed E-state index contributed by atoms with van der Waals surface area (Å²) >= 11 is 0. The molecule has 0 spiro atoms. The van der Waals surface area contributed by atoms with Crippen LogP contribution in [-0.4, -0.2) is 36.2 Å². The number of hydrogen-bond acceptors (Lipinski definition) is 3. The SMILES string of the molecule is C/C=C/CC(NC(=O)C(C)OC)C(=O)O. The number of allylic oxidation sites excluding steroid dienone is 1. The van der Waals surface area contributed by atoms with Crippen molar-refractivity contribution in [1.29, 1.82) is 0 Å². The van der Waals surface area contributed by atoms with Crippen LogP contribution in [0.5, 0.6) is 0 Å². The van der Waals surface area contributed by atoms with E-state index in [0.29, 0.717) is 0 Å². The van der Waals surface area contributed by atoms with E-state index in [-0.39, 0.29) is 6.42 Å². The molecular weight excluding hydrogens is 198 g/mol. The van der Waals surface area contributed by atoms with Gasteiger partial charge in [-0.2, -0.15) is 0 Å². The molecule has 0 aliphatic heterocycles. The Morgan fingerprint density at radius 2 is 2.13 bits per heavy atom. The summed E-state index contributed by atoms with van der Waals surface area (Å²) in [6.07, 6.45) is 3.06. The predicted octanol–water partition coefficient (Wildman–Crippen LogP) is 0.557. The number of nitrogens with one attached hydrogen (secondary N) is 1. The Balaban J connectivity index is 4.28. The van der Waals surface area contributed by atoms with Crippen LogP contribution in [0.15, 0.2) is 12.2 Å². The third kappa shape index (κ3) is 5.17. The Kier molecular flexibility index (Phi) is 6.37. The smallest absolute Gasteiger partial charge is 0.326 e. The summed E-state index contributed by atoms with van der Waals surface area (Å²) in [5.74, 6) is -1.47. The molecule has 0 aromatic rings. The van der Waals surface area contributed by atoms with Gasteiger partial charge in [0.25, 0.3) is 0 Å². The van der Waals surface area contributed by atoms with Crippen LogP contribution >= 0.6 is 0 Å². The van der Waals surface area contributed by atoms with Crippen LogP contribution in [0.4, 0.5) is 0 Å². The van der Waals surface area contributed by atoms with E-state index in [1.54, 1.807) is 26.0 Å². The van der Waals surface area contributed by atoms with Gasteiger partial charge in [0.1, 0.15) is 12.1 Å². The fourth-order valence-corrected chi connectivity index (χ4v) is 0.890. The van der Waals surface area contributed by atoms with E-state index < -0.39 is 24.0 Å². The fourth-order valence-electron chi connectivity index (χ4n) is 0.890. The van der Waals surface area contributed by atoms with Crippen LogP contribution in [0.1, 0.15) is 20.3 Å². The molecular formula is C10H17NO4. The summed E-state index contributed by atoms with van der Waals surface area (Å²) in [5.41, 5.74) is 0. The lowest BCUT2D eigenvalue weighted by molar-refractivity contribution is -0.143. The summed E-state index contributed by atoms with van der Waals surface area (Å²) in [6, 6.07) is -0.897. The predicted molar refractivity (Wildman–Crippen MR) is 55.5 cm³/mol. The van der Waals surface area contributed by atoms with Crippen molar-refractivity contribution in [3.8, 4) is 0 Å². The normalized spacial score (nSPS) is 14.9. The van der Waals surface area contributed by atoms with Gasteiger partial charge in [-0.05, 0) is 20.3 Å². The highest BCUT2D eigenvalue weighted by Gasteiger charge is 2.21. The second kappa shape index (κ2) is 7.00. The molecule has 0 radical (unpaired) electrons. The number of methoxy groups -OCH3 is 1. The molecule has 0 saturated carbocycles. The van der Waals surface area contributed by atoms with Gasteiger partial charge in [0.2, 0.25) is 5.91 Å². The average molecular weight is 215 g/mol. The van der Waals surface area contributed by atoms with Crippen molar-refractivity contribution in [2.45, 2.75) is 32.4 Å². The van der Waals surface area contributed by atoms with Crippen LogP contribution in [0.25, 0.3) is 0 Å². The highest BCUT2D eigenvalue weighted by atomic mass is 16.5. The zero-order valence-corrected chi connectivity index (χ0v) is 9.19. The van der Waals surface area contributed by atoms with Gasteiger partial charge < -0.3 is 15.2 Å². The van der Waals surface area contributed by atoms with E-state index >= 15 is 0 Å². The maximum absolute atomic E-state index is 11.3. The van der Waals surface area contributed by atoms with Gasteiger partial charge >= 0.3 is 5.97 Å². The third-order valence-corrected chi connectivity index (χ3v) is 1.94. The van der Waals surface area contributed by atoms with E-state index in [0.717, 1.165) is 0 Å². The first-order chi connectivity index (χ1) is 7.02. The lowest BCUT2D eigenvalue weighted by atomic mass is 10.2. The third-order valence-electron chi connectivity index (χ3n) is 1.94. The number of carboxylic acids is 1. The monoisotopic (exact) mass is 215 g/mol. The van der Waals surface area contributed by atoms with Crippen molar-refractivity contribution in [1.82, 2.24) is 5.32 Å². The zero-order valence-electron chi connectivity index (χ0n) is 9.19. The van der Waals surface area contributed by atoms with Gasteiger partial charge in [-0.15, -0.1) is 0 Å². The van der Waals surface area contributed by atoms with Gasteiger partial charge in [-0.25, -0.2) is 4.79 Å². The van der Waals surface area contributed by atoms with Gasteiger partial charge in [0, 0.05) is 7.11 Å². The first-order valence-electron chi connectivity index (χ1n) is 4.70. The Hall–Kier alpha value is -1.36. The van der Waals surface area contributed by atoms with Crippen molar-refractivity contribution >= 4 is 11.9 Å². The first-order valence-corrected chi connectivity index (χ1v) is 4.70. The van der Waals surface area contributed by atoms with E-state index in [1.807, 2.05) is 0 Å². The minimum atomic E-state index is -1.05. The van der Waals surface area contributed by atoms with Crippen molar-refractivity contribution < 1.29 is 19.4 Å². The van der Waals surface area contributed by atoms with Crippen LogP contribution in [0, 0.1) is 0 Å². The number of rotatable bonds is 6. The van der Waals surface area contributed by atoms with Gasteiger partial charge in [-0.3, -0.25) is 4.79 Å². The van der Waals surface area contributed by atoms with Crippen LogP contribution < -0.4 is 5.32 Å². The molecule has 5 nitrogen and oxygen atoms in total. The molecule has 86 valence electrons. The number of amides is 1. The van der Waals surface area contributed by atoms with Gasteiger partial charge in [0.05, 0.1) is 0 Å². The number of hydrogen-bond donors (Lipinski definition) is 2. The van der Waals surface area contributed by atoms with E-state index in [1.165, 1.54) is 7.11 Å². The first kappa shape index (κ1) is 13.6. The Morgan fingerprint density at radius 1 is 1.53 bits per heavy atom. The molecule has 2 unspecified atom stereocenters. The zero-order chi connectivity index (χ0) is 11.8. The molecule has 0 fully saturated rings. The largest absolute Gasteiger partial charge is 0.480 e. The summed E-state index contributed by atoms with van der Waals surface area (Å²) in [6.45, 7) is 3.35. The topological polar surface area (TPSA) is 75.6 Å². The second-order valence-electron chi connectivity index (χ2n) is 3.08. The molecule has 1 amide bonds. The summed E-state index contributed by atoms with van der Waals surface area (Å²) in [5, 5.41) is 11.2. The summed E-state index contributed by atoms with van der Waals surface area (Å²) in [7, 11) is 1.39. The summed E-state index contributed by atoms with van der Waals surface area (Å²) in [4.78, 5) is 22.1. The lowest BCUT2D eigenvalue weighted by Crippen LogP contribution is -2.44. The maximum atomic E-state index is 11.3. The number of ether oxygens (including phenoxy) is 1. The summed E-state index contributed by atoms with van der Waals surface area (Å²) < 4.78 is 4.77. The van der Waals surface area contributed by atoms with Gasteiger partial charge in [-0.1, -0.05) is 12.2 Å². The Bertz CT molecular complexity index is 250.